The van der Waals surface area contributed by atoms with Crippen molar-refractivity contribution in [3.05, 3.63) is 0 Å². The van der Waals surface area contributed by atoms with E-state index in [0.717, 1.165) is 65.7 Å². The average molecular weight is 308 g/mol. The van der Waals surface area contributed by atoms with Crippen LogP contribution in [0, 0.1) is 0 Å². The van der Waals surface area contributed by atoms with Gasteiger partial charge in [-0.05, 0) is 12.8 Å². The molecule has 126 valence electrons. The highest BCUT2D eigenvalue weighted by atomic mass is 16.6. The van der Waals surface area contributed by atoms with Gasteiger partial charge in [-0.15, -0.1) is 0 Å². The molecule has 2 aliphatic rings. The second-order valence-corrected chi connectivity index (χ2v) is 4.83. The number of aliphatic hydroxyl groups excluding tert-OH is 2. The standard InChI is InChI=1S/C12H22O5.C2H6O2/c1(5-14-7-11-9-16-11)3-13-4-2-6-15-8-12-10-17-12;3-1-2-4/h11-12H,1-10H2;3-4H,1-2H2. The maximum atomic E-state index is 7.62. The summed E-state index contributed by atoms with van der Waals surface area (Å²) in [6.07, 6.45) is 2.62. The zero-order valence-electron chi connectivity index (χ0n) is 12.6. The van der Waals surface area contributed by atoms with E-state index in [1.807, 2.05) is 0 Å². The molecule has 2 rings (SSSR count). The van der Waals surface area contributed by atoms with E-state index >= 15 is 0 Å². The monoisotopic (exact) mass is 308 g/mol. The summed E-state index contributed by atoms with van der Waals surface area (Å²) in [5, 5.41) is 15.2. The zero-order valence-corrected chi connectivity index (χ0v) is 12.6. The highest BCUT2D eigenvalue weighted by Crippen LogP contribution is 2.09. The molecule has 2 saturated heterocycles. The molecule has 2 N–H and O–H groups in total. The molecule has 0 aromatic heterocycles. The molecule has 2 aliphatic heterocycles. The molecule has 0 radical (unpaired) electrons. The summed E-state index contributed by atoms with van der Waals surface area (Å²) < 4.78 is 26.3. The van der Waals surface area contributed by atoms with Crippen molar-refractivity contribution in [2.45, 2.75) is 25.0 Å². The fourth-order valence-electron chi connectivity index (χ4n) is 1.39. The lowest BCUT2D eigenvalue weighted by atomic mass is 10.4. The van der Waals surface area contributed by atoms with Crippen molar-refractivity contribution in [1.82, 2.24) is 0 Å². The van der Waals surface area contributed by atoms with Gasteiger partial charge in [0.15, 0.2) is 0 Å². The third-order valence-corrected chi connectivity index (χ3v) is 2.67. The number of hydrogen-bond donors (Lipinski definition) is 2. The van der Waals surface area contributed by atoms with Crippen molar-refractivity contribution in [3.63, 3.8) is 0 Å². The molecule has 0 spiro atoms. The Morgan fingerprint density at radius 1 is 0.714 bits per heavy atom. The molecule has 0 saturated carbocycles. The van der Waals surface area contributed by atoms with Crippen LogP contribution in [0.1, 0.15) is 12.8 Å². The molecule has 21 heavy (non-hydrogen) atoms. The van der Waals surface area contributed by atoms with Gasteiger partial charge in [-0.1, -0.05) is 0 Å². The van der Waals surface area contributed by atoms with Crippen LogP contribution in [-0.4, -0.2) is 88.5 Å². The first kappa shape index (κ1) is 18.8. The summed E-state index contributed by atoms with van der Waals surface area (Å²) in [6.45, 7) is 5.98. The first-order chi connectivity index (χ1) is 10.4. The lowest BCUT2D eigenvalue weighted by Crippen LogP contribution is -2.08. The molecule has 2 heterocycles. The minimum absolute atomic E-state index is 0.125. The molecule has 0 aromatic rings. The van der Waals surface area contributed by atoms with Gasteiger partial charge >= 0.3 is 0 Å². The predicted octanol–water partition coefficient (Wildman–Crippen LogP) is -0.415. The maximum Gasteiger partial charge on any atom is 0.104 e. The number of hydrogen-bond acceptors (Lipinski definition) is 7. The van der Waals surface area contributed by atoms with Crippen molar-refractivity contribution in [2.75, 3.05) is 66.1 Å². The molecule has 2 unspecified atom stereocenters. The normalized spacial score (nSPS) is 22.6. The van der Waals surface area contributed by atoms with Crippen molar-refractivity contribution in [1.29, 1.82) is 0 Å². The summed E-state index contributed by atoms with van der Waals surface area (Å²) in [5.74, 6) is 0. The van der Waals surface area contributed by atoms with Crippen molar-refractivity contribution >= 4 is 0 Å². The highest BCUT2D eigenvalue weighted by Gasteiger charge is 2.22. The summed E-state index contributed by atoms with van der Waals surface area (Å²) in [5.41, 5.74) is 0. The first-order valence-corrected chi connectivity index (χ1v) is 7.55. The molecular formula is C14H28O7. The van der Waals surface area contributed by atoms with Gasteiger partial charge in [0.2, 0.25) is 0 Å². The molecule has 0 aromatic carbocycles. The minimum atomic E-state index is -0.125. The van der Waals surface area contributed by atoms with E-state index in [2.05, 4.69) is 0 Å². The van der Waals surface area contributed by atoms with E-state index < -0.39 is 0 Å². The maximum absolute atomic E-state index is 7.62. The van der Waals surface area contributed by atoms with Gasteiger partial charge in [0.05, 0.1) is 39.6 Å². The van der Waals surface area contributed by atoms with Crippen LogP contribution in [-0.2, 0) is 23.7 Å². The summed E-state index contributed by atoms with van der Waals surface area (Å²) >= 11 is 0. The van der Waals surface area contributed by atoms with Gasteiger partial charge in [-0.25, -0.2) is 0 Å². The van der Waals surface area contributed by atoms with Crippen LogP contribution in [0.5, 0.6) is 0 Å². The number of epoxide rings is 2. The van der Waals surface area contributed by atoms with Gasteiger partial charge in [-0.3, -0.25) is 0 Å². The fraction of sp³-hybridized carbons (Fsp3) is 1.00. The molecule has 2 atom stereocenters. The van der Waals surface area contributed by atoms with E-state index in [1.54, 1.807) is 0 Å². The Balaban J connectivity index is 0.000000491. The summed E-state index contributed by atoms with van der Waals surface area (Å²) in [6, 6.07) is 0. The third kappa shape index (κ3) is 14.4. The number of rotatable bonds is 13. The molecule has 7 heteroatoms. The Bertz CT molecular complexity index is 197. The van der Waals surface area contributed by atoms with E-state index in [0.29, 0.717) is 12.2 Å². The van der Waals surface area contributed by atoms with E-state index in [9.17, 15) is 0 Å². The molecule has 0 bridgehead atoms. The Kier molecular flexibility index (Phi) is 12.0. The molecule has 7 nitrogen and oxygen atoms in total. The molecular weight excluding hydrogens is 280 g/mol. The van der Waals surface area contributed by atoms with Crippen LogP contribution in [0.15, 0.2) is 0 Å². The van der Waals surface area contributed by atoms with Crippen LogP contribution in [0.2, 0.25) is 0 Å². The lowest BCUT2D eigenvalue weighted by Gasteiger charge is -2.05. The number of aliphatic hydroxyl groups is 2. The van der Waals surface area contributed by atoms with Gasteiger partial charge in [-0.2, -0.15) is 0 Å². The summed E-state index contributed by atoms with van der Waals surface area (Å²) in [4.78, 5) is 0. The van der Waals surface area contributed by atoms with Crippen molar-refractivity contribution in [2.24, 2.45) is 0 Å². The first-order valence-electron chi connectivity index (χ1n) is 7.55. The average Bonchev–Trinajstić information content (AvgIpc) is 3.38. The Morgan fingerprint density at radius 2 is 1.10 bits per heavy atom. The number of ether oxygens (including phenoxy) is 5. The Hall–Kier alpha value is -0.280. The lowest BCUT2D eigenvalue weighted by molar-refractivity contribution is 0.0570. The fourth-order valence-corrected chi connectivity index (χ4v) is 1.39. The topological polar surface area (TPSA) is 93.2 Å². The SMILES string of the molecule is C(COCCCOCC1CO1)COCC1CO1.OCCO. The van der Waals surface area contributed by atoms with Crippen molar-refractivity contribution in [3.8, 4) is 0 Å². The van der Waals surface area contributed by atoms with Crippen LogP contribution in [0.3, 0.4) is 0 Å². The largest absolute Gasteiger partial charge is 0.394 e. The molecule has 0 aliphatic carbocycles. The van der Waals surface area contributed by atoms with Crippen LogP contribution >= 0.6 is 0 Å². The van der Waals surface area contributed by atoms with Gasteiger partial charge in [0.25, 0.3) is 0 Å². The smallest absolute Gasteiger partial charge is 0.104 e. The second-order valence-electron chi connectivity index (χ2n) is 4.83. The second kappa shape index (κ2) is 13.4. The predicted molar refractivity (Wildman–Crippen MR) is 75.3 cm³/mol. The molecule has 2 fully saturated rings. The van der Waals surface area contributed by atoms with Crippen LogP contribution in [0.25, 0.3) is 0 Å². The van der Waals surface area contributed by atoms with Gasteiger partial charge in [0.1, 0.15) is 12.2 Å². The highest BCUT2D eigenvalue weighted by molar-refractivity contribution is 4.67. The van der Waals surface area contributed by atoms with E-state index in [1.165, 1.54) is 0 Å². The summed E-state index contributed by atoms with van der Waals surface area (Å²) in [7, 11) is 0. The quantitative estimate of drug-likeness (QED) is 0.353. The minimum Gasteiger partial charge on any atom is -0.394 e. The van der Waals surface area contributed by atoms with Crippen LogP contribution < -0.4 is 0 Å². The Labute approximate surface area is 126 Å². The van der Waals surface area contributed by atoms with Gasteiger partial charge < -0.3 is 33.9 Å². The van der Waals surface area contributed by atoms with E-state index in [-0.39, 0.29) is 13.2 Å². The Morgan fingerprint density at radius 3 is 1.43 bits per heavy atom. The molecule has 0 amide bonds. The third-order valence-electron chi connectivity index (χ3n) is 2.67. The van der Waals surface area contributed by atoms with Crippen LogP contribution in [0.4, 0.5) is 0 Å². The van der Waals surface area contributed by atoms with E-state index in [4.69, 9.17) is 33.9 Å². The zero-order chi connectivity index (χ0) is 15.2. The van der Waals surface area contributed by atoms with Crippen molar-refractivity contribution < 1.29 is 33.9 Å². The van der Waals surface area contributed by atoms with Gasteiger partial charge in [0, 0.05) is 26.4 Å².